The third-order valence-corrected chi connectivity index (χ3v) is 7.99. The average Bonchev–Trinajstić information content (AvgIpc) is 3.27. The Hall–Kier alpha value is -3.36. The number of aryl methyl sites for hydroxylation is 1. The van der Waals surface area contributed by atoms with Crippen molar-refractivity contribution in [1.82, 2.24) is 9.47 Å². The van der Waals surface area contributed by atoms with Crippen LogP contribution in [0.3, 0.4) is 0 Å². The molecule has 1 saturated heterocycles. The van der Waals surface area contributed by atoms with E-state index in [9.17, 15) is 9.59 Å². The summed E-state index contributed by atoms with van der Waals surface area (Å²) >= 11 is 6.03. The predicted octanol–water partition coefficient (Wildman–Crippen LogP) is 6.44. The highest BCUT2D eigenvalue weighted by atomic mass is 35.5. The molecule has 0 spiro atoms. The van der Waals surface area contributed by atoms with Gasteiger partial charge in [-0.1, -0.05) is 42.8 Å². The quantitative estimate of drug-likeness (QED) is 0.203. The summed E-state index contributed by atoms with van der Waals surface area (Å²) in [5.41, 5.74) is 5.11. The number of carbonyl (C=O) groups is 2. The Kier molecular flexibility index (Phi) is 10.7. The number of hydrogen-bond acceptors (Lipinski definition) is 6. The Bertz CT molecular complexity index is 1530. The van der Waals surface area contributed by atoms with E-state index in [1.807, 2.05) is 25.1 Å². The summed E-state index contributed by atoms with van der Waals surface area (Å²) < 4.78 is 18.8. The molecule has 1 aromatic heterocycles. The second-order valence-corrected chi connectivity index (χ2v) is 10.7. The minimum atomic E-state index is -0.339. The van der Waals surface area contributed by atoms with E-state index in [1.165, 1.54) is 11.1 Å². The Balaban J connectivity index is 0.00000405. The van der Waals surface area contributed by atoms with E-state index in [0.717, 1.165) is 30.5 Å². The van der Waals surface area contributed by atoms with E-state index in [0.29, 0.717) is 40.7 Å². The van der Waals surface area contributed by atoms with Crippen LogP contribution in [0.2, 0.25) is 5.02 Å². The number of esters is 1. The van der Waals surface area contributed by atoms with Crippen molar-refractivity contribution < 1.29 is 23.8 Å². The number of nitrogens with zero attached hydrogens (tertiary/aromatic N) is 2. The van der Waals surface area contributed by atoms with E-state index >= 15 is 0 Å². The first-order valence-electron chi connectivity index (χ1n) is 13.9. The predicted molar refractivity (Wildman–Crippen MR) is 167 cm³/mol. The molecular formula is C33H36Cl2N2O5. The third-order valence-electron chi connectivity index (χ3n) is 7.74. The summed E-state index contributed by atoms with van der Waals surface area (Å²) in [6.45, 7) is 7.09. The van der Waals surface area contributed by atoms with E-state index < -0.39 is 0 Å². The van der Waals surface area contributed by atoms with Crippen LogP contribution in [0.25, 0.3) is 10.9 Å². The molecule has 4 aromatic rings. The maximum atomic E-state index is 13.5. The molecule has 7 nitrogen and oxygen atoms in total. The van der Waals surface area contributed by atoms with Gasteiger partial charge in [0.25, 0.3) is 5.91 Å². The second-order valence-electron chi connectivity index (χ2n) is 10.2. The van der Waals surface area contributed by atoms with Crippen LogP contribution in [-0.2, 0) is 27.1 Å². The summed E-state index contributed by atoms with van der Waals surface area (Å²) in [5, 5.41) is 1.34. The molecule has 1 atom stereocenters. The molecular weight excluding hydrogens is 575 g/mol. The molecule has 0 N–H and O–H groups in total. The van der Waals surface area contributed by atoms with Gasteiger partial charge in [-0.15, -0.1) is 12.4 Å². The van der Waals surface area contributed by atoms with Crippen molar-refractivity contribution in [3.63, 3.8) is 0 Å². The molecule has 1 aliphatic heterocycles. The van der Waals surface area contributed by atoms with Crippen molar-refractivity contribution in [2.45, 2.75) is 32.8 Å². The van der Waals surface area contributed by atoms with Crippen LogP contribution in [0.15, 0.2) is 66.7 Å². The molecule has 1 fully saturated rings. The van der Waals surface area contributed by atoms with Gasteiger partial charge in [0, 0.05) is 41.3 Å². The fourth-order valence-electron chi connectivity index (χ4n) is 5.36. The van der Waals surface area contributed by atoms with Crippen molar-refractivity contribution in [2.24, 2.45) is 0 Å². The summed E-state index contributed by atoms with van der Waals surface area (Å²) in [6, 6.07) is 20.9. The molecule has 2 heterocycles. The SMILES string of the molecule is CCc1ccc(C2CN(CCOC(=O)Cc3c(C)n(C(=O)c4ccc(Cl)cc4)c4ccc(OC)cc34)CCO2)cc1.Cl. The number of aromatic nitrogens is 1. The lowest BCUT2D eigenvalue weighted by molar-refractivity contribution is -0.143. The van der Waals surface area contributed by atoms with Crippen LogP contribution >= 0.6 is 24.0 Å². The van der Waals surface area contributed by atoms with Gasteiger partial charge in [-0.2, -0.15) is 0 Å². The summed E-state index contributed by atoms with van der Waals surface area (Å²) in [5.74, 6) is 0.114. The number of ether oxygens (including phenoxy) is 3. The molecule has 0 radical (unpaired) electrons. The smallest absolute Gasteiger partial charge is 0.310 e. The molecule has 9 heteroatoms. The molecule has 42 heavy (non-hydrogen) atoms. The number of carbonyl (C=O) groups excluding carboxylic acids is 2. The van der Waals surface area contributed by atoms with Gasteiger partial charge in [0.1, 0.15) is 12.4 Å². The Morgan fingerprint density at radius 2 is 1.79 bits per heavy atom. The summed E-state index contributed by atoms with van der Waals surface area (Å²) in [4.78, 5) is 28.8. The lowest BCUT2D eigenvalue weighted by atomic mass is 10.0. The van der Waals surface area contributed by atoms with Gasteiger partial charge in [-0.3, -0.25) is 19.1 Å². The van der Waals surface area contributed by atoms with Crippen molar-refractivity contribution in [3.8, 4) is 5.75 Å². The zero-order valence-electron chi connectivity index (χ0n) is 24.1. The van der Waals surface area contributed by atoms with Crippen molar-refractivity contribution in [1.29, 1.82) is 0 Å². The minimum Gasteiger partial charge on any atom is -0.497 e. The van der Waals surface area contributed by atoms with Crippen LogP contribution < -0.4 is 4.74 Å². The Morgan fingerprint density at radius 3 is 2.48 bits per heavy atom. The zero-order valence-corrected chi connectivity index (χ0v) is 25.7. The number of morpholine rings is 1. The Morgan fingerprint density at radius 1 is 1.05 bits per heavy atom. The topological polar surface area (TPSA) is 70.0 Å². The number of fused-ring (bicyclic) bond motifs is 1. The number of rotatable bonds is 9. The normalized spacial score (nSPS) is 15.3. The van der Waals surface area contributed by atoms with Crippen molar-refractivity contribution in [3.05, 3.63) is 99.7 Å². The van der Waals surface area contributed by atoms with Crippen LogP contribution in [0.4, 0.5) is 0 Å². The molecule has 1 unspecified atom stereocenters. The average molecular weight is 612 g/mol. The largest absolute Gasteiger partial charge is 0.497 e. The molecule has 0 amide bonds. The van der Waals surface area contributed by atoms with Crippen molar-refractivity contribution in [2.75, 3.05) is 40.0 Å². The molecule has 5 rings (SSSR count). The van der Waals surface area contributed by atoms with E-state index in [1.54, 1.807) is 35.9 Å². The summed E-state index contributed by atoms with van der Waals surface area (Å²) in [7, 11) is 1.59. The van der Waals surface area contributed by atoms with Crippen LogP contribution in [0, 0.1) is 6.92 Å². The molecule has 3 aromatic carbocycles. The van der Waals surface area contributed by atoms with Gasteiger partial charge in [-0.25, -0.2) is 0 Å². The number of methoxy groups -OCH3 is 1. The first-order chi connectivity index (χ1) is 19.9. The van der Waals surface area contributed by atoms with E-state index in [-0.39, 0.29) is 43.4 Å². The summed E-state index contributed by atoms with van der Waals surface area (Å²) in [6.07, 6.45) is 1.06. The van der Waals surface area contributed by atoms with E-state index in [2.05, 4.69) is 36.1 Å². The second kappa shape index (κ2) is 14.2. The standard InChI is InChI=1S/C33H35ClN2O5.ClH/c1-4-23-5-7-24(8-6-23)31-21-35(15-17-40-31)16-18-41-32(37)20-28-22(2)36(30-14-13-27(39-3)19-29(28)30)33(38)25-9-11-26(34)12-10-25;/h5-14,19,31H,4,15-18,20-21H2,1-3H3;1H. The highest BCUT2D eigenvalue weighted by molar-refractivity contribution is 6.30. The first kappa shape index (κ1) is 31.6. The van der Waals surface area contributed by atoms with Crippen LogP contribution in [0.1, 0.15) is 45.8 Å². The van der Waals surface area contributed by atoms with Gasteiger partial charge < -0.3 is 14.2 Å². The monoisotopic (exact) mass is 610 g/mol. The fourth-order valence-corrected chi connectivity index (χ4v) is 5.48. The molecule has 0 aliphatic carbocycles. The van der Waals surface area contributed by atoms with Crippen LogP contribution in [-0.4, -0.2) is 61.3 Å². The lowest BCUT2D eigenvalue weighted by Gasteiger charge is -2.33. The molecule has 222 valence electrons. The maximum Gasteiger partial charge on any atom is 0.310 e. The van der Waals surface area contributed by atoms with Crippen LogP contribution in [0.5, 0.6) is 5.75 Å². The van der Waals surface area contributed by atoms with E-state index in [4.69, 9.17) is 25.8 Å². The fraction of sp³-hybridized carbons (Fsp3) is 0.333. The lowest BCUT2D eigenvalue weighted by Crippen LogP contribution is -2.40. The highest BCUT2D eigenvalue weighted by Gasteiger charge is 2.24. The molecule has 0 saturated carbocycles. The number of benzene rings is 3. The minimum absolute atomic E-state index is 0. The van der Waals surface area contributed by atoms with Gasteiger partial charge >= 0.3 is 5.97 Å². The molecule has 0 bridgehead atoms. The number of halogens is 2. The highest BCUT2D eigenvalue weighted by Crippen LogP contribution is 2.31. The number of hydrogen-bond donors (Lipinski definition) is 0. The first-order valence-corrected chi connectivity index (χ1v) is 14.3. The zero-order chi connectivity index (χ0) is 28.9. The van der Waals surface area contributed by atoms with Crippen molar-refractivity contribution >= 4 is 46.8 Å². The molecule has 1 aliphatic rings. The third kappa shape index (κ3) is 6.98. The van der Waals surface area contributed by atoms with Gasteiger partial charge in [-0.05, 0) is 72.5 Å². The van der Waals surface area contributed by atoms with Gasteiger partial charge in [0.15, 0.2) is 0 Å². The van der Waals surface area contributed by atoms with Gasteiger partial charge in [0.2, 0.25) is 0 Å². The maximum absolute atomic E-state index is 13.5. The van der Waals surface area contributed by atoms with Gasteiger partial charge in [0.05, 0.1) is 31.8 Å². The Labute approximate surface area is 257 Å².